The molecule has 4 nitrogen and oxygen atoms in total. The van der Waals surface area contributed by atoms with Crippen molar-refractivity contribution in [3.05, 3.63) is 54.1 Å². The van der Waals surface area contributed by atoms with Crippen molar-refractivity contribution in [2.45, 2.75) is 25.1 Å². The van der Waals surface area contributed by atoms with Gasteiger partial charge in [-0.25, -0.2) is 0 Å². The summed E-state index contributed by atoms with van der Waals surface area (Å²) >= 11 is 0. The fourth-order valence-corrected chi connectivity index (χ4v) is 3.85. The van der Waals surface area contributed by atoms with Gasteiger partial charge in [-0.2, -0.15) is 13.2 Å². The normalized spacial score (nSPS) is 22.3. The highest BCUT2D eigenvalue weighted by molar-refractivity contribution is 5.40. The van der Waals surface area contributed by atoms with Crippen LogP contribution in [0.15, 0.2) is 48.5 Å². The lowest BCUT2D eigenvalue weighted by Crippen LogP contribution is -2.45. The summed E-state index contributed by atoms with van der Waals surface area (Å²) in [7, 11) is 0. The number of rotatable bonds is 5. The third-order valence-corrected chi connectivity index (χ3v) is 5.30. The van der Waals surface area contributed by atoms with Crippen molar-refractivity contribution in [3.63, 3.8) is 0 Å². The molecule has 0 saturated carbocycles. The van der Waals surface area contributed by atoms with Crippen LogP contribution in [0.4, 0.5) is 13.2 Å². The Hall–Kier alpha value is -2.41. The Morgan fingerprint density at radius 1 is 1.03 bits per heavy atom. The van der Waals surface area contributed by atoms with E-state index in [0.29, 0.717) is 24.9 Å². The average molecular weight is 407 g/mol. The van der Waals surface area contributed by atoms with Gasteiger partial charge in [0.15, 0.2) is 11.5 Å². The predicted molar refractivity (Wildman–Crippen MR) is 102 cm³/mol. The molecule has 0 radical (unpaired) electrons. The number of halogens is 3. The molecule has 0 aromatic heterocycles. The Kier molecular flexibility index (Phi) is 5.85. The standard InChI is InChI=1S/C22H24F3NO3/c23-22(24,25)17-7-9-18(10-8-17)27-14-16-4-3-11-26(12-16)13-19-15-28-20-5-1-2-6-21(20)29-19/h1-2,5-10,16,19H,3-4,11-15H2/t16-,19+/m0/s1. The van der Waals surface area contributed by atoms with E-state index < -0.39 is 11.7 Å². The molecule has 2 aliphatic heterocycles. The van der Waals surface area contributed by atoms with E-state index >= 15 is 0 Å². The van der Waals surface area contributed by atoms with Crippen molar-refractivity contribution < 1.29 is 27.4 Å². The number of piperidine rings is 1. The lowest BCUT2D eigenvalue weighted by Gasteiger charge is -2.36. The summed E-state index contributed by atoms with van der Waals surface area (Å²) in [4.78, 5) is 2.35. The van der Waals surface area contributed by atoms with Gasteiger partial charge in [-0.05, 0) is 55.8 Å². The molecular formula is C22H24F3NO3. The molecular weight excluding hydrogens is 383 g/mol. The highest BCUT2D eigenvalue weighted by Crippen LogP contribution is 2.32. The molecule has 0 amide bonds. The van der Waals surface area contributed by atoms with Crippen LogP contribution >= 0.6 is 0 Å². The molecule has 2 aliphatic rings. The second-order valence-electron chi connectivity index (χ2n) is 7.60. The summed E-state index contributed by atoms with van der Waals surface area (Å²) in [6, 6.07) is 12.6. The van der Waals surface area contributed by atoms with Gasteiger partial charge < -0.3 is 14.2 Å². The molecule has 1 fully saturated rings. The molecule has 4 rings (SSSR count). The highest BCUT2D eigenvalue weighted by atomic mass is 19.4. The molecule has 29 heavy (non-hydrogen) atoms. The molecule has 2 atom stereocenters. The minimum Gasteiger partial charge on any atom is -0.493 e. The van der Waals surface area contributed by atoms with Gasteiger partial charge in [0.25, 0.3) is 0 Å². The zero-order chi connectivity index (χ0) is 20.3. The van der Waals surface area contributed by atoms with Gasteiger partial charge in [-0.15, -0.1) is 0 Å². The Morgan fingerprint density at radius 2 is 1.79 bits per heavy atom. The molecule has 2 aromatic carbocycles. The van der Waals surface area contributed by atoms with Crippen LogP contribution in [0.5, 0.6) is 17.2 Å². The molecule has 7 heteroatoms. The van der Waals surface area contributed by atoms with E-state index in [-0.39, 0.29) is 6.10 Å². The molecule has 0 unspecified atom stereocenters. The molecule has 156 valence electrons. The van der Waals surface area contributed by atoms with Crippen LogP contribution in [0.2, 0.25) is 0 Å². The quantitative estimate of drug-likeness (QED) is 0.723. The monoisotopic (exact) mass is 407 g/mol. The fourth-order valence-electron chi connectivity index (χ4n) is 3.85. The van der Waals surface area contributed by atoms with Crippen molar-refractivity contribution in [2.24, 2.45) is 5.92 Å². The number of nitrogens with zero attached hydrogens (tertiary/aromatic N) is 1. The maximum absolute atomic E-state index is 12.6. The van der Waals surface area contributed by atoms with E-state index in [1.54, 1.807) is 0 Å². The number of fused-ring (bicyclic) bond motifs is 1. The van der Waals surface area contributed by atoms with Gasteiger partial charge in [-0.3, -0.25) is 4.90 Å². The smallest absolute Gasteiger partial charge is 0.416 e. The number of hydrogen-bond donors (Lipinski definition) is 0. The van der Waals surface area contributed by atoms with Gasteiger partial charge in [0.2, 0.25) is 0 Å². The minimum atomic E-state index is -4.33. The Balaban J connectivity index is 1.26. The van der Waals surface area contributed by atoms with Gasteiger partial charge in [0.1, 0.15) is 18.5 Å². The van der Waals surface area contributed by atoms with E-state index in [1.165, 1.54) is 12.1 Å². The van der Waals surface area contributed by atoms with Crippen LogP contribution in [0.3, 0.4) is 0 Å². The maximum atomic E-state index is 12.6. The van der Waals surface area contributed by atoms with Crippen LogP contribution in [-0.4, -0.2) is 43.9 Å². The fraction of sp³-hybridized carbons (Fsp3) is 0.455. The van der Waals surface area contributed by atoms with E-state index in [4.69, 9.17) is 14.2 Å². The minimum absolute atomic E-state index is 0.0144. The van der Waals surface area contributed by atoms with E-state index in [2.05, 4.69) is 4.90 Å². The first kappa shape index (κ1) is 19.9. The summed E-state index contributed by atoms with van der Waals surface area (Å²) in [5.41, 5.74) is -0.662. The van der Waals surface area contributed by atoms with Gasteiger partial charge in [0, 0.05) is 19.0 Å². The first-order valence-electron chi connectivity index (χ1n) is 9.88. The molecule has 0 N–H and O–H groups in total. The Morgan fingerprint density at radius 3 is 2.55 bits per heavy atom. The summed E-state index contributed by atoms with van der Waals surface area (Å²) in [5.74, 6) is 2.37. The van der Waals surface area contributed by atoms with Crippen LogP contribution in [0.25, 0.3) is 0 Å². The summed E-state index contributed by atoms with van der Waals surface area (Å²) in [6.45, 7) is 3.68. The molecule has 1 saturated heterocycles. The van der Waals surface area contributed by atoms with E-state index in [9.17, 15) is 13.2 Å². The lowest BCUT2D eigenvalue weighted by molar-refractivity contribution is -0.137. The second-order valence-corrected chi connectivity index (χ2v) is 7.60. The molecule has 0 aliphatic carbocycles. The summed E-state index contributed by atoms with van der Waals surface area (Å²) in [6.07, 6.45) is -2.24. The van der Waals surface area contributed by atoms with Crippen LogP contribution in [-0.2, 0) is 6.18 Å². The third kappa shape index (κ3) is 5.15. The van der Waals surface area contributed by atoms with Crippen molar-refractivity contribution in [3.8, 4) is 17.2 Å². The lowest BCUT2D eigenvalue weighted by atomic mass is 9.98. The Bertz CT molecular complexity index is 810. The Labute approximate surface area is 168 Å². The maximum Gasteiger partial charge on any atom is 0.416 e. The number of hydrogen-bond acceptors (Lipinski definition) is 4. The molecule has 2 heterocycles. The third-order valence-electron chi connectivity index (χ3n) is 5.30. The van der Waals surface area contributed by atoms with Crippen molar-refractivity contribution >= 4 is 0 Å². The molecule has 0 bridgehead atoms. The van der Waals surface area contributed by atoms with Crippen molar-refractivity contribution in [1.29, 1.82) is 0 Å². The van der Waals surface area contributed by atoms with Crippen LogP contribution in [0, 0.1) is 5.92 Å². The molecule has 2 aromatic rings. The number of benzene rings is 2. The largest absolute Gasteiger partial charge is 0.493 e. The van der Waals surface area contributed by atoms with Crippen molar-refractivity contribution in [1.82, 2.24) is 4.90 Å². The zero-order valence-corrected chi connectivity index (χ0v) is 16.0. The average Bonchev–Trinajstić information content (AvgIpc) is 2.72. The first-order valence-corrected chi connectivity index (χ1v) is 9.88. The van der Waals surface area contributed by atoms with E-state index in [1.807, 2.05) is 24.3 Å². The van der Waals surface area contributed by atoms with Gasteiger partial charge >= 0.3 is 6.18 Å². The van der Waals surface area contributed by atoms with Crippen molar-refractivity contribution in [2.75, 3.05) is 32.8 Å². The van der Waals surface area contributed by atoms with Gasteiger partial charge in [0.05, 0.1) is 12.2 Å². The first-order chi connectivity index (χ1) is 14.0. The summed E-state index contributed by atoms with van der Waals surface area (Å²) in [5, 5.41) is 0. The number of likely N-dealkylation sites (tertiary alicyclic amines) is 1. The van der Waals surface area contributed by atoms with Gasteiger partial charge in [-0.1, -0.05) is 12.1 Å². The predicted octanol–water partition coefficient (Wildman–Crippen LogP) is 4.64. The van der Waals surface area contributed by atoms with Crippen LogP contribution < -0.4 is 14.2 Å². The zero-order valence-electron chi connectivity index (χ0n) is 16.0. The highest BCUT2D eigenvalue weighted by Gasteiger charge is 2.30. The molecule has 0 spiro atoms. The number of para-hydroxylation sites is 2. The topological polar surface area (TPSA) is 30.9 Å². The second kappa shape index (κ2) is 8.53. The number of ether oxygens (including phenoxy) is 3. The van der Waals surface area contributed by atoms with Crippen LogP contribution in [0.1, 0.15) is 18.4 Å². The summed E-state index contributed by atoms with van der Waals surface area (Å²) < 4.78 is 55.5. The SMILES string of the molecule is FC(F)(F)c1ccc(OC[C@H]2CCCN(C[C@@H]3COc4ccccc4O3)C2)cc1. The van der Waals surface area contributed by atoms with E-state index in [0.717, 1.165) is 56.1 Å². The number of alkyl halides is 3.